The number of amides is 7. The molecule has 400 valence electrons. The molecule has 1 aliphatic heterocycles. The average Bonchev–Trinajstić information content (AvgIpc) is 3.32. The molecule has 71 heavy (non-hydrogen) atoms. The van der Waals surface area contributed by atoms with Gasteiger partial charge in [0.15, 0.2) is 5.78 Å². The van der Waals surface area contributed by atoms with Gasteiger partial charge < -0.3 is 65.3 Å². The Morgan fingerprint density at radius 3 is 1.85 bits per heavy atom. The molecule has 1 aromatic carbocycles. The number of carbonyl (C=O) groups is 9. The van der Waals surface area contributed by atoms with Crippen molar-refractivity contribution >= 4 is 52.9 Å². The van der Waals surface area contributed by atoms with E-state index >= 15 is 0 Å². The van der Waals surface area contributed by atoms with Gasteiger partial charge in [-0.3, -0.25) is 43.2 Å². The molecule has 0 bridgehead atoms. The van der Waals surface area contributed by atoms with Crippen molar-refractivity contribution in [2.75, 3.05) is 32.7 Å². The third kappa shape index (κ3) is 23.6. The first-order chi connectivity index (χ1) is 33.9. The predicted octanol–water partition coefficient (Wildman–Crippen LogP) is -0.619. The molecular formula is C50H85N11O10. The molecule has 21 heteroatoms. The summed E-state index contributed by atoms with van der Waals surface area (Å²) in [7, 11) is 0. The largest absolute Gasteiger partial charge is 0.393 e. The number of hydrogen-bond acceptors (Lipinski definition) is 14. The van der Waals surface area contributed by atoms with Crippen molar-refractivity contribution in [3.05, 3.63) is 35.9 Å². The molecule has 1 aromatic rings. The van der Waals surface area contributed by atoms with Crippen LogP contribution in [0.25, 0.3) is 0 Å². The Hall–Kier alpha value is -5.35. The van der Waals surface area contributed by atoms with E-state index in [-0.39, 0.29) is 102 Å². The molecule has 1 heterocycles. The Bertz CT molecular complexity index is 1860. The number of carbonyl (C=O) groups excluding carboxylic acids is 9. The number of aliphatic hydroxyl groups is 1. The van der Waals surface area contributed by atoms with E-state index in [0.29, 0.717) is 12.0 Å². The second-order valence-electron chi connectivity index (χ2n) is 19.1. The lowest BCUT2D eigenvalue weighted by Gasteiger charge is -2.27. The maximum Gasteiger partial charge on any atom is 0.243 e. The van der Waals surface area contributed by atoms with Crippen molar-refractivity contribution in [3.8, 4) is 0 Å². The minimum atomic E-state index is -1.31. The van der Waals surface area contributed by atoms with Gasteiger partial charge in [-0.2, -0.15) is 0 Å². The van der Waals surface area contributed by atoms with Crippen molar-refractivity contribution < 1.29 is 48.3 Å². The number of nitrogens with one attached hydrogen (secondary N) is 7. The van der Waals surface area contributed by atoms with E-state index in [1.807, 2.05) is 13.8 Å². The van der Waals surface area contributed by atoms with Crippen LogP contribution in [-0.4, -0.2) is 133 Å². The average molecular weight is 1000 g/mol. The highest BCUT2D eigenvalue weighted by Gasteiger charge is 2.35. The predicted molar refractivity (Wildman–Crippen MR) is 269 cm³/mol. The van der Waals surface area contributed by atoms with Crippen LogP contribution in [0.3, 0.4) is 0 Å². The lowest BCUT2D eigenvalue weighted by atomic mass is 9.91. The standard InChI is InChI=1S/C50H85N11O10/c1-5-6-7-8-12-15-36(62)30-37(63)28-34(16-21-51)45(66)57-38-20-25-55-47(68)41(26-31(2)3)61-49(70)40(19-24-54)59-48(69)39(18-23-53)58-44(65)32(4)56-50(71)42(27-33-13-10-9-11-14-33)60-46(67)35(17-22-52)29-43(38)64/h9-11,13-14,31-32,34-36,38-42,62H,5-8,12,15-30,51-54H2,1-4H3,(H,55,68)(H,56,71)(H,57,66)(H,58,65)(H,59,69)(H,60,67)(H,61,70)/t32-,34-,35+,36+,38-,39-,40-,41-,42+/m0/s1. The number of Topliss-reactive ketones (excluding diaryl/α,β-unsaturated/α-hetero) is 2. The molecular weight excluding hydrogens is 915 g/mol. The van der Waals surface area contributed by atoms with Gasteiger partial charge in [0.05, 0.1) is 12.1 Å². The first-order valence-corrected chi connectivity index (χ1v) is 25.5. The molecule has 0 unspecified atom stereocenters. The summed E-state index contributed by atoms with van der Waals surface area (Å²) >= 11 is 0. The van der Waals surface area contributed by atoms with Crippen molar-refractivity contribution in [1.82, 2.24) is 37.2 Å². The number of ketones is 2. The van der Waals surface area contributed by atoms with Crippen LogP contribution in [0.1, 0.15) is 130 Å². The van der Waals surface area contributed by atoms with Crippen molar-refractivity contribution in [3.63, 3.8) is 0 Å². The molecule has 0 radical (unpaired) electrons. The summed E-state index contributed by atoms with van der Waals surface area (Å²) < 4.78 is 0. The van der Waals surface area contributed by atoms with Gasteiger partial charge in [-0.1, -0.05) is 83.2 Å². The van der Waals surface area contributed by atoms with E-state index in [1.165, 1.54) is 6.92 Å². The maximum absolute atomic E-state index is 14.4. The Morgan fingerprint density at radius 1 is 0.676 bits per heavy atom. The zero-order valence-corrected chi connectivity index (χ0v) is 42.4. The van der Waals surface area contributed by atoms with Crippen LogP contribution in [0.2, 0.25) is 0 Å². The Balaban J connectivity index is 2.60. The summed E-state index contributed by atoms with van der Waals surface area (Å²) in [6.45, 7) is 6.90. The minimum Gasteiger partial charge on any atom is -0.393 e. The van der Waals surface area contributed by atoms with Gasteiger partial charge in [-0.15, -0.1) is 0 Å². The topological polar surface area (TPSA) is 362 Å². The van der Waals surface area contributed by atoms with Crippen LogP contribution in [0, 0.1) is 17.8 Å². The maximum atomic E-state index is 14.4. The monoisotopic (exact) mass is 1000 g/mol. The molecule has 21 nitrogen and oxygen atoms in total. The highest BCUT2D eigenvalue weighted by Crippen LogP contribution is 2.18. The smallest absolute Gasteiger partial charge is 0.243 e. The van der Waals surface area contributed by atoms with Gasteiger partial charge in [0.2, 0.25) is 41.4 Å². The summed E-state index contributed by atoms with van der Waals surface area (Å²) in [5.41, 5.74) is 24.2. The summed E-state index contributed by atoms with van der Waals surface area (Å²) in [6.07, 6.45) is 3.57. The molecule has 0 aliphatic carbocycles. The molecule has 0 aromatic heterocycles. The van der Waals surface area contributed by atoms with Gasteiger partial charge in [0.25, 0.3) is 0 Å². The fourth-order valence-corrected chi connectivity index (χ4v) is 8.36. The second-order valence-corrected chi connectivity index (χ2v) is 19.1. The lowest BCUT2D eigenvalue weighted by molar-refractivity contribution is -0.136. The van der Waals surface area contributed by atoms with E-state index in [2.05, 4.69) is 44.1 Å². The lowest BCUT2D eigenvalue weighted by Crippen LogP contribution is -2.59. The molecule has 16 N–H and O–H groups in total. The summed E-state index contributed by atoms with van der Waals surface area (Å²) in [5.74, 6) is -8.14. The van der Waals surface area contributed by atoms with Crippen molar-refractivity contribution in [2.45, 2.75) is 173 Å². The molecule has 1 fully saturated rings. The van der Waals surface area contributed by atoms with Crippen molar-refractivity contribution in [1.29, 1.82) is 0 Å². The molecule has 1 saturated heterocycles. The van der Waals surface area contributed by atoms with E-state index in [4.69, 9.17) is 22.9 Å². The van der Waals surface area contributed by atoms with Gasteiger partial charge in [0.1, 0.15) is 36.0 Å². The van der Waals surface area contributed by atoms with E-state index in [0.717, 1.165) is 32.1 Å². The number of hydrogen-bond donors (Lipinski definition) is 12. The van der Waals surface area contributed by atoms with Crippen LogP contribution in [0.5, 0.6) is 0 Å². The third-order valence-electron chi connectivity index (χ3n) is 12.4. The summed E-state index contributed by atoms with van der Waals surface area (Å²) in [4.78, 5) is 125. The second kappa shape index (κ2) is 34.1. The van der Waals surface area contributed by atoms with Crippen LogP contribution in [-0.2, 0) is 49.6 Å². The molecule has 2 rings (SSSR count). The van der Waals surface area contributed by atoms with Gasteiger partial charge in [-0.05, 0) is 89.5 Å². The fraction of sp³-hybridized carbons (Fsp3) is 0.700. The van der Waals surface area contributed by atoms with Gasteiger partial charge >= 0.3 is 0 Å². The zero-order valence-electron chi connectivity index (χ0n) is 42.4. The molecule has 0 spiro atoms. The van der Waals surface area contributed by atoms with E-state index in [9.17, 15) is 48.3 Å². The Labute approximate surface area is 419 Å². The Morgan fingerprint density at radius 2 is 1.25 bits per heavy atom. The number of aliphatic hydroxyl groups excluding tert-OH is 1. The SMILES string of the molecule is CCCCCCC[C@@H](O)CC(=O)C[C@H](CCN)C(=O)N[C@H]1CCNC(=O)[C@H](CC(C)C)NC(=O)[C@H](CCN)NC(=O)[C@H](CCN)NC(=O)[C@H](C)NC(=O)[C@@H](Cc2ccccc2)NC(=O)[C@H](CCN)CC1=O. The molecule has 1 aliphatic rings. The van der Waals surface area contributed by atoms with E-state index < -0.39 is 108 Å². The molecule has 7 amide bonds. The highest BCUT2D eigenvalue weighted by molar-refractivity contribution is 5.98. The van der Waals surface area contributed by atoms with Gasteiger partial charge in [0, 0.05) is 44.1 Å². The number of benzene rings is 1. The normalized spacial score (nSPS) is 23.6. The molecule has 0 saturated carbocycles. The highest BCUT2D eigenvalue weighted by atomic mass is 16.3. The van der Waals surface area contributed by atoms with E-state index in [1.54, 1.807) is 30.3 Å². The molecule has 9 atom stereocenters. The Kier molecular flexibility index (Phi) is 29.7. The van der Waals surface area contributed by atoms with Crippen LogP contribution < -0.4 is 60.2 Å². The van der Waals surface area contributed by atoms with Crippen molar-refractivity contribution in [2.24, 2.45) is 40.7 Å². The van der Waals surface area contributed by atoms with Gasteiger partial charge in [-0.25, -0.2) is 0 Å². The van der Waals surface area contributed by atoms with Crippen LogP contribution >= 0.6 is 0 Å². The first-order valence-electron chi connectivity index (χ1n) is 25.5. The summed E-state index contributed by atoms with van der Waals surface area (Å²) in [5, 5.41) is 29.4. The van der Waals surface area contributed by atoms with Crippen LogP contribution in [0.15, 0.2) is 30.3 Å². The zero-order chi connectivity index (χ0) is 52.9. The fourth-order valence-electron chi connectivity index (χ4n) is 8.36. The summed E-state index contributed by atoms with van der Waals surface area (Å²) in [6, 6.07) is 1.33. The number of rotatable bonds is 24. The number of nitrogens with two attached hydrogens (primary N) is 4. The minimum absolute atomic E-state index is 0.00891. The quantitative estimate of drug-likeness (QED) is 0.0575. The third-order valence-corrected chi connectivity index (χ3v) is 12.4. The van der Waals surface area contributed by atoms with Crippen LogP contribution in [0.4, 0.5) is 0 Å². The first kappa shape index (κ1) is 61.8. The number of unbranched alkanes of at least 4 members (excludes halogenated alkanes) is 4.